The molecular weight excluding hydrogens is 230 g/mol. The number of H-pyrrole nitrogens is 1. The number of hydrogen-bond acceptors (Lipinski definition) is 3. The second kappa shape index (κ2) is 4.15. The first-order valence-electron chi connectivity index (χ1n) is 4.66. The Labute approximate surface area is 96.8 Å². The van der Waals surface area contributed by atoms with Crippen LogP contribution in [0.1, 0.15) is 11.7 Å². The van der Waals surface area contributed by atoms with Crippen LogP contribution in [-0.2, 0) is 4.79 Å². The van der Waals surface area contributed by atoms with E-state index in [2.05, 4.69) is 4.98 Å². The second-order valence-corrected chi connectivity index (χ2v) is 3.73. The average Bonchev–Trinajstić information content (AvgIpc) is 2.70. The number of aliphatic hydroxyl groups is 1. The van der Waals surface area contributed by atoms with Gasteiger partial charge >= 0.3 is 0 Å². The lowest BCUT2D eigenvalue weighted by atomic mass is 10.1. The Morgan fingerprint density at radius 2 is 2.31 bits per heavy atom. The normalized spacial score (nSPS) is 12.7. The van der Waals surface area contributed by atoms with Crippen molar-refractivity contribution in [1.82, 2.24) is 4.98 Å². The molecule has 1 heterocycles. The second-order valence-electron chi connectivity index (χ2n) is 3.36. The van der Waals surface area contributed by atoms with Crippen LogP contribution in [0.25, 0.3) is 10.9 Å². The summed E-state index contributed by atoms with van der Waals surface area (Å²) in [6.45, 7) is 0. The summed E-state index contributed by atoms with van der Waals surface area (Å²) in [6, 6.07) is 5.34. The Bertz CT molecular complexity index is 535. The van der Waals surface area contributed by atoms with Gasteiger partial charge in [0.15, 0.2) is 6.10 Å². The van der Waals surface area contributed by atoms with Gasteiger partial charge in [-0.05, 0) is 29.8 Å². The molecule has 16 heavy (non-hydrogen) atoms. The third-order valence-corrected chi connectivity index (χ3v) is 2.64. The van der Waals surface area contributed by atoms with Crippen LogP contribution >= 0.6 is 11.6 Å². The number of nitrogens with one attached hydrogen (secondary N) is 1. The highest BCUT2D eigenvalue weighted by Crippen LogP contribution is 2.28. The number of fused-ring (bicyclic) bond motifs is 1. The smallest absolute Gasteiger partial charge is 0.254 e. The Balaban J connectivity index is 2.57. The minimum absolute atomic E-state index is 0.453. The number of aromatic amines is 1. The molecule has 1 atom stereocenters. The largest absolute Gasteiger partial charge is 0.497 e. The van der Waals surface area contributed by atoms with Gasteiger partial charge in [0, 0.05) is 22.7 Å². The zero-order chi connectivity index (χ0) is 11.7. The highest BCUT2D eigenvalue weighted by atomic mass is 35.5. The molecule has 4 nitrogen and oxygen atoms in total. The van der Waals surface area contributed by atoms with Gasteiger partial charge in [-0.25, -0.2) is 0 Å². The van der Waals surface area contributed by atoms with Crippen LogP contribution in [0.2, 0.25) is 0 Å². The maximum Gasteiger partial charge on any atom is 0.254 e. The molecule has 1 aromatic heterocycles. The molecule has 0 radical (unpaired) electrons. The van der Waals surface area contributed by atoms with Crippen LogP contribution in [0, 0.1) is 0 Å². The van der Waals surface area contributed by atoms with E-state index >= 15 is 0 Å². The first kappa shape index (κ1) is 11.0. The van der Waals surface area contributed by atoms with E-state index in [0.717, 1.165) is 10.9 Å². The maximum absolute atomic E-state index is 10.9. The average molecular weight is 240 g/mol. The molecule has 0 bridgehead atoms. The first-order valence-corrected chi connectivity index (χ1v) is 5.03. The molecule has 1 unspecified atom stereocenters. The summed E-state index contributed by atoms with van der Waals surface area (Å²) in [5.74, 6) is 0.655. The van der Waals surface area contributed by atoms with Gasteiger partial charge in [0.1, 0.15) is 5.75 Å². The van der Waals surface area contributed by atoms with Crippen molar-refractivity contribution in [3.8, 4) is 5.75 Å². The molecule has 0 aliphatic heterocycles. The van der Waals surface area contributed by atoms with Crippen LogP contribution in [0.15, 0.2) is 24.4 Å². The van der Waals surface area contributed by atoms with Gasteiger partial charge in [-0.15, -0.1) is 0 Å². The van der Waals surface area contributed by atoms with E-state index in [1.54, 1.807) is 25.4 Å². The van der Waals surface area contributed by atoms with E-state index in [4.69, 9.17) is 16.3 Å². The van der Waals surface area contributed by atoms with Crippen LogP contribution in [0.3, 0.4) is 0 Å². The number of ether oxygens (including phenoxy) is 1. The van der Waals surface area contributed by atoms with E-state index in [1.807, 2.05) is 6.07 Å². The Kier molecular flexibility index (Phi) is 2.85. The Hall–Kier alpha value is -1.52. The van der Waals surface area contributed by atoms with Crippen LogP contribution in [0.5, 0.6) is 5.75 Å². The first-order chi connectivity index (χ1) is 7.63. The summed E-state index contributed by atoms with van der Waals surface area (Å²) in [5, 5.41) is 9.53. The summed E-state index contributed by atoms with van der Waals surface area (Å²) in [7, 11) is 1.55. The van der Waals surface area contributed by atoms with E-state index < -0.39 is 11.3 Å². The molecule has 0 spiro atoms. The maximum atomic E-state index is 10.9. The van der Waals surface area contributed by atoms with Crippen molar-refractivity contribution < 1.29 is 14.6 Å². The lowest BCUT2D eigenvalue weighted by Gasteiger charge is -2.04. The van der Waals surface area contributed by atoms with Crippen molar-refractivity contribution in [2.24, 2.45) is 0 Å². The summed E-state index contributed by atoms with van der Waals surface area (Å²) in [4.78, 5) is 13.9. The molecule has 0 aliphatic rings. The molecule has 2 aromatic rings. The third-order valence-electron chi connectivity index (χ3n) is 2.43. The monoisotopic (exact) mass is 239 g/mol. The number of aromatic nitrogens is 1. The van der Waals surface area contributed by atoms with Crippen LogP contribution < -0.4 is 4.74 Å². The van der Waals surface area contributed by atoms with Crippen molar-refractivity contribution in [2.75, 3.05) is 7.11 Å². The number of aliphatic hydroxyl groups excluding tert-OH is 1. The predicted octanol–water partition coefficient (Wildman–Crippen LogP) is 1.98. The number of rotatable bonds is 3. The summed E-state index contributed by atoms with van der Waals surface area (Å²) < 4.78 is 5.07. The van der Waals surface area contributed by atoms with Gasteiger partial charge in [0.2, 0.25) is 0 Å². The minimum Gasteiger partial charge on any atom is -0.497 e. The molecule has 5 heteroatoms. The summed E-state index contributed by atoms with van der Waals surface area (Å²) in [5.41, 5.74) is 1.27. The van der Waals surface area contributed by atoms with Gasteiger partial charge in [-0.1, -0.05) is 0 Å². The Morgan fingerprint density at radius 3 is 2.94 bits per heavy atom. The van der Waals surface area contributed by atoms with Crippen molar-refractivity contribution in [2.45, 2.75) is 6.10 Å². The third kappa shape index (κ3) is 1.77. The van der Waals surface area contributed by atoms with Gasteiger partial charge in [0.05, 0.1) is 7.11 Å². The van der Waals surface area contributed by atoms with E-state index in [-0.39, 0.29) is 0 Å². The van der Waals surface area contributed by atoms with E-state index in [1.165, 1.54) is 0 Å². The van der Waals surface area contributed by atoms with Crippen molar-refractivity contribution in [3.63, 3.8) is 0 Å². The lowest BCUT2D eigenvalue weighted by Crippen LogP contribution is -2.04. The van der Waals surface area contributed by atoms with Gasteiger partial charge in [-0.2, -0.15) is 0 Å². The SMILES string of the molecule is COc1ccc2[nH]cc(C(O)C(=O)Cl)c2c1. The number of carbonyl (C=O) groups excluding carboxylic acids is 1. The fraction of sp³-hybridized carbons (Fsp3) is 0.182. The van der Waals surface area contributed by atoms with Gasteiger partial charge < -0.3 is 14.8 Å². The fourth-order valence-corrected chi connectivity index (χ4v) is 1.71. The lowest BCUT2D eigenvalue weighted by molar-refractivity contribution is -0.119. The minimum atomic E-state index is -1.32. The van der Waals surface area contributed by atoms with E-state index in [0.29, 0.717) is 11.3 Å². The zero-order valence-corrected chi connectivity index (χ0v) is 9.28. The quantitative estimate of drug-likeness (QED) is 0.805. The van der Waals surface area contributed by atoms with Crippen molar-refractivity contribution in [1.29, 1.82) is 0 Å². The number of methoxy groups -OCH3 is 1. The van der Waals surface area contributed by atoms with Crippen LogP contribution in [-0.4, -0.2) is 22.4 Å². The number of hydrogen-bond donors (Lipinski definition) is 2. The molecule has 0 aliphatic carbocycles. The van der Waals surface area contributed by atoms with E-state index in [9.17, 15) is 9.90 Å². The molecule has 0 saturated heterocycles. The summed E-state index contributed by atoms with van der Waals surface area (Å²) in [6.07, 6.45) is 0.247. The molecule has 0 saturated carbocycles. The molecule has 0 fully saturated rings. The topological polar surface area (TPSA) is 62.3 Å². The fourth-order valence-electron chi connectivity index (χ4n) is 1.60. The predicted molar refractivity (Wildman–Crippen MR) is 60.7 cm³/mol. The molecule has 2 N–H and O–H groups in total. The standard InChI is InChI=1S/C11H10ClNO3/c1-16-6-2-3-9-7(4-6)8(5-13-9)10(14)11(12)15/h2-5,10,13-14H,1H3. The molecule has 1 aromatic carbocycles. The number of carbonyl (C=O) groups is 1. The van der Waals surface area contributed by atoms with Gasteiger partial charge in [-0.3, -0.25) is 4.79 Å². The van der Waals surface area contributed by atoms with Gasteiger partial charge in [0.25, 0.3) is 5.24 Å². The summed E-state index contributed by atoms with van der Waals surface area (Å²) >= 11 is 5.26. The highest BCUT2D eigenvalue weighted by molar-refractivity contribution is 6.64. The molecule has 84 valence electrons. The highest BCUT2D eigenvalue weighted by Gasteiger charge is 2.18. The molecular formula is C11H10ClNO3. The van der Waals surface area contributed by atoms with Crippen LogP contribution in [0.4, 0.5) is 0 Å². The molecule has 0 amide bonds. The van der Waals surface area contributed by atoms with Crippen molar-refractivity contribution >= 4 is 27.7 Å². The Morgan fingerprint density at radius 1 is 1.56 bits per heavy atom. The molecule has 2 rings (SSSR count). The zero-order valence-electron chi connectivity index (χ0n) is 8.53. The number of halogens is 1. The number of benzene rings is 1. The van der Waals surface area contributed by atoms with Crippen molar-refractivity contribution in [3.05, 3.63) is 30.0 Å².